The van der Waals surface area contributed by atoms with Crippen LogP contribution in [0.5, 0.6) is 0 Å². The Hall–Kier alpha value is -1.76. The Morgan fingerprint density at radius 2 is 1.68 bits per heavy atom. The molecule has 0 saturated heterocycles. The minimum Gasteiger partial charge on any atom is -0.378 e. The van der Waals surface area contributed by atoms with Crippen molar-refractivity contribution in [3.8, 4) is 0 Å². The average molecular weight is 253 g/mol. The van der Waals surface area contributed by atoms with E-state index in [1.54, 1.807) is 0 Å². The second-order valence-corrected chi connectivity index (χ2v) is 5.20. The zero-order chi connectivity index (χ0) is 13.7. The molecule has 1 atom stereocenters. The van der Waals surface area contributed by atoms with Gasteiger partial charge in [0.15, 0.2) is 0 Å². The summed E-state index contributed by atoms with van der Waals surface area (Å²) in [4.78, 5) is 0. The number of aryl methyl sites for hydroxylation is 2. The third-order valence-corrected chi connectivity index (χ3v) is 3.63. The monoisotopic (exact) mass is 253 g/mol. The first kappa shape index (κ1) is 13.7. The third-order valence-electron chi connectivity index (χ3n) is 3.63. The topological polar surface area (TPSA) is 12.0 Å². The number of benzene rings is 2. The Morgan fingerprint density at radius 1 is 0.947 bits per heavy atom. The molecule has 100 valence electrons. The molecule has 0 aromatic heterocycles. The molecule has 2 aromatic carbocycles. The summed E-state index contributed by atoms with van der Waals surface area (Å²) in [6, 6.07) is 17.7. The van der Waals surface area contributed by atoms with Crippen LogP contribution in [0.15, 0.2) is 48.5 Å². The predicted octanol–water partition coefficient (Wildman–Crippen LogP) is 5.26. The third kappa shape index (κ3) is 3.60. The quantitative estimate of drug-likeness (QED) is 0.766. The lowest BCUT2D eigenvalue weighted by Gasteiger charge is -2.20. The van der Waals surface area contributed by atoms with Gasteiger partial charge in [0.2, 0.25) is 0 Å². The summed E-state index contributed by atoms with van der Waals surface area (Å²) in [5.74, 6) is 0. The van der Waals surface area contributed by atoms with E-state index in [0.717, 1.165) is 6.42 Å². The minimum absolute atomic E-state index is 0.397. The van der Waals surface area contributed by atoms with Gasteiger partial charge in [-0.25, -0.2) is 0 Å². The molecule has 0 aliphatic carbocycles. The van der Waals surface area contributed by atoms with E-state index in [1.807, 2.05) is 0 Å². The van der Waals surface area contributed by atoms with Gasteiger partial charge >= 0.3 is 0 Å². The van der Waals surface area contributed by atoms with Crippen molar-refractivity contribution in [1.82, 2.24) is 0 Å². The van der Waals surface area contributed by atoms with Crippen LogP contribution in [0.4, 0.5) is 5.69 Å². The largest absolute Gasteiger partial charge is 0.378 e. The smallest absolute Gasteiger partial charge is 0.0513 e. The van der Waals surface area contributed by atoms with Gasteiger partial charge in [-0.3, -0.25) is 0 Å². The highest BCUT2D eigenvalue weighted by atomic mass is 14.9. The molecule has 1 nitrogen and oxygen atoms in total. The molecule has 0 bridgehead atoms. The summed E-state index contributed by atoms with van der Waals surface area (Å²) in [5, 5.41) is 3.66. The first-order valence-electron chi connectivity index (χ1n) is 7.09. The van der Waals surface area contributed by atoms with Gasteiger partial charge in [0.1, 0.15) is 0 Å². The number of anilines is 1. The molecule has 1 heteroatoms. The molecule has 0 radical (unpaired) electrons. The van der Waals surface area contributed by atoms with E-state index in [1.165, 1.54) is 28.8 Å². The highest BCUT2D eigenvalue weighted by molar-refractivity contribution is 5.49. The van der Waals surface area contributed by atoms with Gasteiger partial charge in [0.05, 0.1) is 6.04 Å². The zero-order valence-electron chi connectivity index (χ0n) is 12.1. The van der Waals surface area contributed by atoms with E-state index in [2.05, 4.69) is 74.6 Å². The van der Waals surface area contributed by atoms with Crippen molar-refractivity contribution >= 4 is 5.69 Å². The fourth-order valence-electron chi connectivity index (χ4n) is 2.33. The molecular formula is C18H23N. The van der Waals surface area contributed by atoms with Gasteiger partial charge < -0.3 is 5.32 Å². The van der Waals surface area contributed by atoms with Gasteiger partial charge in [-0.2, -0.15) is 0 Å². The lowest BCUT2D eigenvalue weighted by atomic mass is 10.0. The molecule has 0 aliphatic heterocycles. The predicted molar refractivity (Wildman–Crippen MR) is 83.6 cm³/mol. The molecule has 0 fully saturated rings. The summed E-state index contributed by atoms with van der Waals surface area (Å²) in [6.45, 7) is 6.55. The van der Waals surface area contributed by atoms with Gasteiger partial charge in [-0.15, -0.1) is 0 Å². The van der Waals surface area contributed by atoms with Crippen LogP contribution in [0, 0.1) is 13.8 Å². The molecule has 1 unspecified atom stereocenters. The zero-order valence-corrected chi connectivity index (χ0v) is 12.1. The second kappa shape index (κ2) is 6.42. The highest BCUT2D eigenvalue weighted by Gasteiger charge is 2.10. The SMILES string of the molecule is CCCC(Nc1ccc(C)c(C)c1)c1ccccc1. The maximum atomic E-state index is 3.66. The van der Waals surface area contributed by atoms with E-state index in [-0.39, 0.29) is 0 Å². The molecule has 0 amide bonds. The average Bonchev–Trinajstić information content (AvgIpc) is 2.43. The second-order valence-electron chi connectivity index (χ2n) is 5.20. The maximum absolute atomic E-state index is 3.66. The number of rotatable bonds is 5. The molecule has 1 N–H and O–H groups in total. The molecule has 0 saturated carbocycles. The Labute approximate surface area is 116 Å². The van der Waals surface area contributed by atoms with Gasteiger partial charge in [0.25, 0.3) is 0 Å². The summed E-state index contributed by atoms with van der Waals surface area (Å²) in [7, 11) is 0. The number of hydrogen-bond donors (Lipinski definition) is 1. The minimum atomic E-state index is 0.397. The molecule has 2 aromatic rings. The summed E-state index contributed by atoms with van der Waals surface area (Å²) < 4.78 is 0. The Kier molecular flexibility index (Phi) is 4.62. The van der Waals surface area contributed by atoms with E-state index < -0.39 is 0 Å². The Bertz CT molecular complexity index is 516. The Balaban J connectivity index is 2.19. The van der Waals surface area contributed by atoms with Crippen molar-refractivity contribution in [1.29, 1.82) is 0 Å². The first-order chi connectivity index (χ1) is 9.20. The van der Waals surface area contributed by atoms with E-state index in [9.17, 15) is 0 Å². The lowest BCUT2D eigenvalue weighted by molar-refractivity contribution is 0.677. The van der Waals surface area contributed by atoms with Crippen LogP contribution in [0.3, 0.4) is 0 Å². The molecule has 0 spiro atoms. The van der Waals surface area contributed by atoms with Crippen LogP contribution in [-0.2, 0) is 0 Å². The van der Waals surface area contributed by atoms with Crippen LogP contribution in [0.25, 0.3) is 0 Å². The van der Waals surface area contributed by atoms with Crippen LogP contribution < -0.4 is 5.32 Å². The highest BCUT2D eigenvalue weighted by Crippen LogP contribution is 2.25. The van der Waals surface area contributed by atoms with Gasteiger partial charge in [-0.05, 0) is 49.1 Å². The summed E-state index contributed by atoms with van der Waals surface area (Å²) in [6.07, 6.45) is 2.33. The number of hydrogen-bond acceptors (Lipinski definition) is 1. The Morgan fingerprint density at radius 3 is 2.32 bits per heavy atom. The van der Waals surface area contributed by atoms with Crippen LogP contribution in [-0.4, -0.2) is 0 Å². The standard InChI is InChI=1S/C18H23N/c1-4-8-18(16-9-6-5-7-10-16)19-17-12-11-14(2)15(3)13-17/h5-7,9-13,18-19H,4,8H2,1-3H3. The van der Waals surface area contributed by atoms with Crippen LogP contribution in [0.1, 0.15) is 42.5 Å². The van der Waals surface area contributed by atoms with Gasteiger partial charge in [0, 0.05) is 5.69 Å². The maximum Gasteiger partial charge on any atom is 0.0513 e. The van der Waals surface area contributed by atoms with Crippen molar-refractivity contribution in [2.24, 2.45) is 0 Å². The lowest BCUT2D eigenvalue weighted by Crippen LogP contribution is -2.10. The normalized spacial score (nSPS) is 12.2. The van der Waals surface area contributed by atoms with Crippen molar-refractivity contribution in [2.75, 3.05) is 5.32 Å². The van der Waals surface area contributed by atoms with Crippen molar-refractivity contribution < 1.29 is 0 Å². The fourth-order valence-corrected chi connectivity index (χ4v) is 2.33. The molecular weight excluding hydrogens is 230 g/mol. The summed E-state index contributed by atoms with van der Waals surface area (Å²) in [5.41, 5.74) is 5.26. The number of nitrogens with one attached hydrogen (secondary N) is 1. The van der Waals surface area contributed by atoms with Crippen LogP contribution in [0.2, 0.25) is 0 Å². The molecule has 2 rings (SSSR count). The molecule has 0 heterocycles. The fraction of sp³-hybridized carbons (Fsp3) is 0.333. The van der Waals surface area contributed by atoms with Crippen LogP contribution >= 0.6 is 0 Å². The van der Waals surface area contributed by atoms with Crippen molar-refractivity contribution in [2.45, 2.75) is 39.7 Å². The molecule has 19 heavy (non-hydrogen) atoms. The molecule has 0 aliphatic rings. The van der Waals surface area contributed by atoms with Crippen molar-refractivity contribution in [3.05, 3.63) is 65.2 Å². The first-order valence-corrected chi connectivity index (χ1v) is 7.09. The van der Waals surface area contributed by atoms with E-state index >= 15 is 0 Å². The van der Waals surface area contributed by atoms with E-state index in [0.29, 0.717) is 6.04 Å². The van der Waals surface area contributed by atoms with Crippen molar-refractivity contribution in [3.63, 3.8) is 0 Å². The summed E-state index contributed by atoms with van der Waals surface area (Å²) >= 11 is 0. The van der Waals surface area contributed by atoms with E-state index in [4.69, 9.17) is 0 Å². The van der Waals surface area contributed by atoms with Gasteiger partial charge in [-0.1, -0.05) is 49.7 Å².